The highest BCUT2D eigenvalue weighted by Crippen LogP contribution is 2.38. The fraction of sp³-hybridized carbons (Fsp3) is 0.357. The minimum Gasteiger partial charge on any atom is -0.494 e. The van der Waals surface area contributed by atoms with Gasteiger partial charge in [0, 0.05) is 23.2 Å². The average molecular weight is 295 g/mol. The van der Waals surface area contributed by atoms with Gasteiger partial charge in [-0.05, 0) is 18.2 Å². The number of fused-ring (bicyclic) bond motifs is 1. The molecule has 0 saturated carbocycles. The van der Waals surface area contributed by atoms with Gasteiger partial charge in [0.25, 0.3) is 5.91 Å². The quantitative estimate of drug-likeness (QED) is 0.854. The lowest BCUT2D eigenvalue weighted by Crippen LogP contribution is -2.40. The van der Waals surface area contributed by atoms with Gasteiger partial charge >= 0.3 is 0 Å². The van der Waals surface area contributed by atoms with E-state index in [4.69, 9.17) is 9.47 Å². The van der Waals surface area contributed by atoms with E-state index in [-0.39, 0.29) is 11.7 Å². The molecule has 0 atom stereocenters. The van der Waals surface area contributed by atoms with Crippen molar-refractivity contribution in [1.82, 2.24) is 4.90 Å². The molecule has 0 N–H and O–H groups in total. The molecule has 1 aliphatic heterocycles. The number of hydrogen-bond acceptors (Lipinski definition) is 4. The highest BCUT2D eigenvalue weighted by Gasteiger charge is 2.25. The molecule has 0 bridgehead atoms. The number of ether oxygens (including phenoxy) is 2. The first-order valence-electron chi connectivity index (χ1n) is 6.34. The molecule has 2 heterocycles. The molecule has 0 spiro atoms. The van der Waals surface area contributed by atoms with Crippen molar-refractivity contribution in [3.05, 3.63) is 28.9 Å². The fourth-order valence-electron chi connectivity index (χ4n) is 2.30. The molecule has 1 saturated heterocycles. The first kappa shape index (κ1) is 13.3. The molecule has 0 radical (unpaired) electrons. The molecule has 106 valence electrons. The SMILES string of the molecule is COc1c(C(=O)N2CCOCC2)sc2ccc(F)cc12. The largest absolute Gasteiger partial charge is 0.494 e. The topological polar surface area (TPSA) is 38.8 Å². The zero-order valence-electron chi connectivity index (χ0n) is 11.0. The van der Waals surface area contributed by atoms with Crippen molar-refractivity contribution in [2.75, 3.05) is 33.4 Å². The van der Waals surface area contributed by atoms with Crippen molar-refractivity contribution in [2.24, 2.45) is 0 Å². The predicted octanol–water partition coefficient (Wildman–Crippen LogP) is 2.52. The van der Waals surface area contributed by atoms with Crippen LogP contribution >= 0.6 is 11.3 Å². The first-order valence-corrected chi connectivity index (χ1v) is 7.15. The molecule has 2 aromatic rings. The van der Waals surface area contributed by atoms with Crippen LogP contribution in [0.5, 0.6) is 5.75 Å². The summed E-state index contributed by atoms with van der Waals surface area (Å²) in [6.45, 7) is 2.25. The maximum absolute atomic E-state index is 13.4. The number of carbonyl (C=O) groups is 1. The van der Waals surface area contributed by atoms with Crippen LogP contribution in [0.2, 0.25) is 0 Å². The van der Waals surface area contributed by atoms with Gasteiger partial charge in [0.2, 0.25) is 0 Å². The third kappa shape index (κ3) is 2.25. The van der Waals surface area contributed by atoms with Gasteiger partial charge in [0.05, 0.1) is 20.3 Å². The van der Waals surface area contributed by atoms with Crippen molar-refractivity contribution < 1.29 is 18.7 Å². The Morgan fingerprint density at radius 3 is 2.85 bits per heavy atom. The normalized spacial score (nSPS) is 15.6. The number of halogens is 1. The van der Waals surface area contributed by atoms with Crippen LogP contribution in [0, 0.1) is 5.82 Å². The molecular weight excluding hydrogens is 281 g/mol. The third-order valence-electron chi connectivity index (χ3n) is 3.30. The van der Waals surface area contributed by atoms with Crippen molar-refractivity contribution in [3.63, 3.8) is 0 Å². The summed E-state index contributed by atoms with van der Waals surface area (Å²) in [7, 11) is 1.50. The van der Waals surface area contributed by atoms with Crippen LogP contribution in [0.1, 0.15) is 9.67 Å². The first-order chi connectivity index (χ1) is 9.70. The van der Waals surface area contributed by atoms with Crippen molar-refractivity contribution >= 4 is 27.3 Å². The molecule has 1 aromatic carbocycles. The van der Waals surface area contributed by atoms with E-state index in [0.29, 0.717) is 42.3 Å². The number of benzene rings is 1. The van der Waals surface area contributed by atoms with Gasteiger partial charge in [-0.25, -0.2) is 4.39 Å². The number of morpholine rings is 1. The molecule has 1 fully saturated rings. The van der Waals surface area contributed by atoms with Crippen LogP contribution in [0.3, 0.4) is 0 Å². The van der Waals surface area contributed by atoms with Gasteiger partial charge in [-0.3, -0.25) is 4.79 Å². The van der Waals surface area contributed by atoms with Crippen LogP contribution in [-0.4, -0.2) is 44.2 Å². The summed E-state index contributed by atoms with van der Waals surface area (Å²) in [4.78, 5) is 14.8. The van der Waals surface area contributed by atoms with Gasteiger partial charge in [-0.2, -0.15) is 0 Å². The Bertz CT molecular complexity index is 649. The molecule has 0 unspecified atom stereocenters. The molecule has 1 aromatic heterocycles. The molecule has 3 rings (SSSR count). The lowest BCUT2D eigenvalue weighted by atomic mass is 10.2. The lowest BCUT2D eigenvalue weighted by molar-refractivity contribution is 0.0304. The van der Waals surface area contributed by atoms with Gasteiger partial charge in [0.1, 0.15) is 16.4 Å². The summed E-state index contributed by atoms with van der Waals surface area (Å²) >= 11 is 1.34. The molecular formula is C14H14FNO3S. The summed E-state index contributed by atoms with van der Waals surface area (Å²) < 4.78 is 24.8. The molecule has 4 nitrogen and oxygen atoms in total. The number of hydrogen-bond donors (Lipinski definition) is 0. The van der Waals surface area contributed by atoms with E-state index in [1.807, 2.05) is 0 Å². The number of rotatable bonds is 2. The Balaban J connectivity index is 2.03. The van der Waals surface area contributed by atoms with Crippen LogP contribution in [0.15, 0.2) is 18.2 Å². The lowest BCUT2D eigenvalue weighted by Gasteiger charge is -2.26. The van der Waals surface area contributed by atoms with Crippen LogP contribution in [0.4, 0.5) is 4.39 Å². The van der Waals surface area contributed by atoms with Crippen molar-refractivity contribution in [1.29, 1.82) is 0 Å². The van der Waals surface area contributed by atoms with E-state index in [1.54, 1.807) is 11.0 Å². The standard InChI is InChI=1S/C14H14FNO3S/c1-18-12-10-8-9(15)2-3-11(10)20-13(12)14(17)16-4-6-19-7-5-16/h2-3,8H,4-7H2,1H3. The van der Waals surface area contributed by atoms with E-state index in [0.717, 1.165) is 4.70 Å². The molecule has 6 heteroatoms. The number of amides is 1. The number of nitrogens with zero attached hydrogens (tertiary/aromatic N) is 1. The summed E-state index contributed by atoms with van der Waals surface area (Å²) in [5.74, 6) is 0.0479. The van der Waals surface area contributed by atoms with Gasteiger partial charge in [-0.15, -0.1) is 11.3 Å². The highest BCUT2D eigenvalue weighted by molar-refractivity contribution is 7.21. The van der Waals surface area contributed by atoms with Gasteiger partial charge in [0.15, 0.2) is 0 Å². The summed E-state index contributed by atoms with van der Waals surface area (Å²) in [5.41, 5.74) is 0. The van der Waals surface area contributed by atoms with E-state index in [1.165, 1.54) is 30.6 Å². The number of carbonyl (C=O) groups excluding carboxylic acids is 1. The smallest absolute Gasteiger partial charge is 0.267 e. The van der Waals surface area contributed by atoms with E-state index >= 15 is 0 Å². The van der Waals surface area contributed by atoms with Crippen LogP contribution < -0.4 is 4.74 Å². The zero-order chi connectivity index (χ0) is 14.1. The summed E-state index contributed by atoms with van der Waals surface area (Å²) in [6, 6.07) is 4.47. The Labute approximate surface area is 119 Å². The molecule has 1 amide bonds. The Hall–Kier alpha value is -1.66. The second-order valence-electron chi connectivity index (χ2n) is 4.51. The summed E-state index contributed by atoms with van der Waals surface area (Å²) in [6.07, 6.45) is 0. The van der Waals surface area contributed by atoms with Gasteiger partial charge < -0.3 is 14.4 Å². The van der Waals surface area contributed by atoms with Gasteiger partial charge in [-0.1, -0.05) is 0 Å². The highest BCUT2D eigenvalue weighted by atomic mass is 32.1. The molecule has 20 heavy (non-hydrogen) atoms. The van der Waals surface area contributed by atoms with Crippen molar-refractivity contribution in [2.45, 2.75) is 0 Å². The maximum atomic E-state index is 13.4. The second kappa shape index (κ2) is 5.38. The van der Waals surface area contributed by atoms with E-state index < -0.39 is 0 Å². The van der Waals surface area contributed by atoms with Crippen LogP contribution in [0.25, 0.3) is 10.1 Å². The summed E-state index contributed by atoms with van der Waals surface area (Å²) in [5, 5.41) is 0.647. The maximum Gasteiger partial charge on any atom is 0.267 e. The van der Waals surface area contributed by atoms with E-state index in [9.17, 15) is 9.18 Å². The van der Waals surface area contributed by atoms with Crippen LogP contribution in [-0.2, 0) is 4.74 Å². The Morgan fingerprint density at radius 2 is 2.15 bits per heavy atom. The third-order valence-corrected chi connectivity index (χ3v) is 4.44. The van der Waals surface area contributed by atoms with E-state index in [2.05, 4.69) is 0 Å². The second-order valence-corrected chi connectivity index (χ2v) is 5.56. The monoisotopic (exact) mass is 295 g/mol. The van der Waals surface area contributed by atoms with Crippen molar-refractivity contribution in [3.8, 4) is 5.75 Å². The minimum atomic E-state index is -0.334. The number of methoxy groups -OCH3 is 1. The number of thiophene rings is 1. The Morgan fingerprint density at radius 1 is 1.40 bits per heavy atom. The molecule has 0 aliphatic carbocycles. The Kier molecular flexibility index (Phi) is 3.58. The zero-order valence-corrected chi connectivity index (χ0v) is 11.8. The fourth-order valence-corrected chi connectivity index (χ4v) is 3.42. The molecule has 1 aliphatic rings. The predicted molar refractivity (Wildman–Crippen MR) is 75.1 cm³/mol. The minimum absolute atomic E-state index is 0.0771. The average Bonchev–Trinajstić information content (AvgIpc) is 2.85.